The molecule has 6 nitrogen and oxygen atoms in total. The molecular formula is C19H28N2O4. The van der Waals surface area contributed by atoms with Gasteiger partial charge in [0, 0.05) is 25.7 Å². The molecule has 4 rings (SSSR count). The molecule has 2 aliphatic heterocycles. The van der Waals surface area contributed by atoms with Crippen LogP contribution in [0.4, 0.5) is 0 Å². The Morgan fingerprint density at radius 1 is 1.24 bits per heavy atom. The molecule has 138 valence electrons. The average Bonchev–Trinajstić information content (AvgIpc) is 3.36. The molecule has 0 N–H and O–H groups in total. The Morgan fingerprint density at radius 2 is 2.12 bits per heavy atom. The van der Waals surface area contributed by atoms with Crippen molar-refractivity contribution in [2.24, 2.45) is 5.92 Å². The molecule has 3 fully saturated rings. The van der Waals surface area contributed by atoms with Crippen LogP contribution < -0.4 is 0 Å². The van der Waals surface area contributed by atoms with E-state index in [1.807, 2.05) is 17.0 Å². The number of amides is 1. The summed E-state index contributed by atoms with van der Waals surface area (Å²) in [5.41, 5.74) is 0. The zero-order chi connectivity index (χ0) is 17.1. The smallest absolute Gasteiger partial charge is 0.248 e. The molecule has 25 heavy (non-hydrogen) atoms. The van der Waals surface area contributed by atoms with Crippen molar-refractivity contribution in [3.05, 3.63) is 24.2 Å². The molecule has 1 amide bonds. The number of carbonyl (C=O) groups is 1. The molecule has 2 saturated heterocycles. The SMILES string of the molecule is O=C(COC[C@H]1C[C@@H]2[C@@H](C1)OCCN2Cc1ccco1)N1CCCC1. The van der Waals surface area contributed by atoms with Gasteiger partial charge in [-0.25, -0.2) is 0 Å². The molecule has 1 aliphatic carbocycles. The molecule has 0 spiro atoms. The highest BCUT2D eigenvalue weighted by molar-refractivity contribution is 5.77. The summed E-state index contributed by atoms with van der Waals surface area (Å²) in [4.78, 5) is 16.5. The quantitative estimate of drug-likeness (QED) is 0.786. The lowest BCUT2D eigenvalue weighted by Gasteiger charge is -2.37. The standard InChI is InChI=1S/C19H28N2O4/c22-19(20-5-1-2-6-20)14-23-13-15-10-17-18(11-15)25-9-7-21(17)12-16-4-3-8-24-16/h3-4,8,15,17-18H,1-2,5-7,9-14H2/t15-,17+,18+/m0/s1. The largest absolute Gasteiger partial charge is 0.468 e. The molecule has 0 radical (unpaired) electrons. The van der Waals surface area contributed by atoms with Crippen LogP contribution in [0, 0.1) is 5.92 Å². The second-order valence-electron chi connectivity index (χ2n) is 7.47. The fourth-order valence-corrected chi connectivity index (χ4v) is 4.43. The summed E-state index contributed by atoms with van der Waals surface area (Å²) in [6.45, 7) is 5.24. The number of morpholine rings is 1. The van der Waals surface area contributed by atoms with E-state index < -0.39 is 0 Å². The van der Waals surface area contributed by atoms with Gasteiger partial charge >= 0.3 is 0 Å². The molecule has 0 aromatic carbocycles. The van der Waals surface area contributed by atoms with Crippen molar-refractivity contribution >= 4 is 5.91 Å². The van der Waals surface area contributed by atoms with Gasteiger partial charge in [0.15, 0.2) is 0 Å². The third kappa shape index (κ3) is 4.07. The Kier molecular flexibility index (Phi) is 5.39. The summed E-state index contributed by atoms with van der Waals surface area (Å²) in [5, 5.41) is 0. The second kappa shape index (κ2) is 7.89. The first kappa shape index (κ1) is 17.1. The van der Waals surface area contributed by atoms with Crippen LogP contribution in [0.5, 0.6) is 0 Å². The highest BCUT2D eigenvalue weighted by atomic mass is 16.5. The molecular weight excluding hydrogens is 320 g/mol. The first-order chi connectivity index (χ1) is 12.3. The molecule has 3 aliphatic rings. The molecule has 3 atom stereocenters. The average molecular weight is 348 g/mol. The fourth-order valence-electron chi connectivity index (χ4n) is 4.43. The van der Waals surface area contributed by atoms with E-state index in [9.17, 15) is 4.79 Å². The minimum absolute atomic E-state index is 0.142. The summed E-state index contributed by atoms with van der Waals surface area (Å²) >= 11 is 0. The Balaban J connectivity index is 1.24. The van der Waals surface area contributed by atoms with Gasteiger partial charge in [-0.2, -0.15) is 0 Å². The number of fused-ring (bicyclic) bond motifs is 1. The van der Waals surface area contributed by atoms with Crippen LogP contribution in [-0.2, 0) is 20.8 Å². The maximum Gasteiger partial charge on any atom is 0.248 e. The van der Waals surface area contributed by atoms with E-state index in [-0.39, 0.29) is 18.6 Å². The first-order valence-corrected chi connectivity index (χ1v) is 9.53. The minimum atomic E-state index is 0.142. The zero-order valence-electron chi connectivity index (χ0n) is 14.8. The molecule has 6 heteroatoms. The van der Waals surface area contributed by atoms with Crippen LogP contribution >= 0.6 is 0 Å². The Bertz CT molecular complexity index is 556. The Morgan fingerprint density at radius 3 is 2.92 bits per heavy atom. The lowest BCUT2D eigenvalue weighted by molar-refractivity contribution is -0.135. The van der Waals surface area contributed by atoms with Crippen molar-refractivity contribution in [3.8, 4) is 0 Å². The van der Waals surface area contributed by atoms with Crippen molar-refractivity contribution < 1.29 is 18.7 Å². The molecule has 0 bridgehead atoms. The highest BCUT2D eigenvalue weighted by Crippen LogP contribution is 2.35. The third-order valence-corrected chi connectivity index (χ3v) is 5.73. The van der Waals surface area contributed by atoms with Gasteiger partial charge in [0.25, 0.3) is 0 Å². The lowest BCUT2D eigenvalue weighted by atomic mass is 10.1. The molecule has 1 saturated carbocycles. The summed E-state index contributed by atoms with van der Waals surface area (Å²) in [5.74, 6) is 1.62. The van der Waals surface area contributed by atoms with Crippen LogP contribution in [0.1, 0.15) is 31.4 Å². The predicted octanol–water partition coefficient (Wildman–Crippen LogP) is 1.90. The lowest BCUT2D eigenvalue weighted by Crippen LogP contribution is -2.47. The number of nitrogens with zero attached hydrogens (tertiary/aromatic N) is 2. The fraction of sp³-hybridized carbons (Fsp3) is 0.737. The normalized spacial score (nSPS) is 29.9. The van der Waals surface area contributed by atoms with Gasteiger partial charge < -0.3 is 18.8 Å². The van der Waals surface area contributed by atoms with E-state index in [4.69, 9.17) is 13.9 Å². The minimum Gasteiger partial charge on any atom is -0.468 e. The number of carbonyl (C=O) groups excluding carboxylic acids is 1. The van der Waals surface area contributed by atoms with Crippen LogP contribution in [0.25, 0.3) is 0 Å². The van der Waals surface area contributed by atoms with Gasteiger partial charge in [0.1, 0.15) is 12.4 Å². The molecule has 0 unspecified atom stereocenters. The van der Waals surface area contributed by atoms with E-state index in [1.165, 1.54) is 0 Å². The Labute approximate surface area is 149 Å². The molecule has 3 heterocycles. The molecule has 1 aromatic heterocycles. The van der Waals surface area contributed by atoms with Crippen molar-refractivity contribution in [2.75, 3.05) is 39.5 Å². The number of furan rings is 1. The number of hydrogen-bond acceptors (Lipinski definition) is 5. The van der Waals surface area contributed by atoms with Crippen LogP contribution in [0.15, 0.2) is 22.8 Å². The number of hydrogen-bond donors (Lipinski definition) is 0. The van der Waals surface area contributed by atoms with Crippen molar-refractivity contribution in [3.63, 3.8) is 0 Å². The van der Waals surface area contributed by atoms with Crippen LogP contribution in [0.3, 0.4) is 0 Å². The van der Waals surface area contributed by atoms with Gasteiger partial charge in [-0.05, 0) is 43.7 Å². The number of likely N-dealkylation sites (tertiary alicyclic amines) is 1. The number of rotatable bonds is 6. The number of ether oxygens (including phenoxy) is 2. The summed E-state index contributed by atoms with van der Waals surface area (Å²) in [7, 11) is 0. The van der Waals surface area contributed by atoms with Crippen LogP contribution in [-0.4, -0.2) is 67.3 Å². The monoisotopic (exact) mass is 348 g/mol. The summed E-state index contributed by atoms with van der Waals surface area (Å²) in [6.07, 6.45) is 6.36. The van der Waals surface area contributed by atoms with Gasteiger partial charge in [0.2, 0.25) is 5.91 Å². The van der Waals surface area contributed by atoms with Crippen molar-refractivity contribution in [1.82, 2.24) is 9.80 Å². The van der Waals surface area contributed by atoms with Gasteiger partial charge in [-0.1, -0.05) is 0 Å². The highest BCUT2D eigenvalue weighted by Gasteiger charge is 2.41. The van der Waals surface area contributed by atoms with Gasteiger partial charge in [-0.15, -0.1) is 0 Å². The van der Waals surface area contributed by atoms with E-state index in [0.29, 0.717) is 18.6 Å². The van der Waals surface area contributed by atoms with E-state index >= 15 is 0 Å². The topological polar surface area (TPSA) is 55.2 Å². The van der Waals surface area contributed by atoms with Gasteiger partial charge in [-0.3, -0.25) is 9.69 Å². The van der Waals surface area contributed by atoms with Crippen molar-refractivity contribution in [2.45, 2.75) is 44.4 Å². The third-order valence-electron chi connectivity index (χ3n) is 5.73. The second-order valence-corrected chi connectivity index (χ2v) is 7.47. The Hall–Kier alpha value is -1.37. The summed E-state index contributed by atoms with van der Waals surface area (Å²) < 4.78 is 17.2. The molecule has 1 aromatic rings. The van der Waals surface area contributed by atoms with E-state index in [1.54, 1.807) is 6.26 Å². The van der Waals surface area contributed by atoms with Crippen molar-refractivity contribution in [1.29, 1.82) is 0 Å². The maximum absolute atomic E-state index is 12.1. The first-order valence-electron chi connectivity index (χ1n) is 9.53. The van der Waals surface area contributed by atoms with E-state index in [2.05, 4.69) is 4.90 Å². The van der Waals surface area contributed by atoms with Gasteiger partial charge in [0.05, 0.1) is 32.1 Å². The van der Waals surface area contributed by atoms with E-state index in [0.717, 1.165) is 64.2 Å². The summed E-state index contributed by atoms with van der Waals surface area (Å²) in [6, 6.07) is 4.40. The predicted molar refractivity (Wildman–Crippen MR) is 92.0 cm³/mol. The zero-order valence-corrected chi connectivity index (χ0v) is 14.8. The maximum atomic E-state index is 12.1. The van der Waals surface area contributed by atoms with Crippen LogP contribution in [0.2, 0.25) is 0 Å².